The average Bonchev–Trinajstić information content (AvgIpc) is 2.67. The van der Waals surface area contributed by atoms with Crippen molar-refractivity contribution >= 4 is 21.9 Å². The highest BCUT2D eigenvalue weighted by Crippen LogP contribution is 2.08. The molecule has 0 N–H and O–H groups in total. The summed E-state index contributed by atoms with van der Waals surface area (Å²) in [5, 5.41) is 1.04. The smallest absolute Gasteiger partial charge is 0.305 e. The molecule has 0 saturated heterocycles. The van der Waals surface area contributed by atoms with Crippen molar-refractivity contribution in [2.45, 2.75) is 84.3 Å². The van der Waals surface area contributed by atoms with E-state index < -0.39 is 0 Å². The van der Waals surface area contributed by atoms with Crippen LogP contribution in [0.2, 0.25) is 0 Å². The van der Waals surface area contributed by atoms with Gasteiger partial charge in [-0.2, -0.15) is 0 Å². The molecular formula is C22H39BrO4. The highest BCUT2D eigenvalue weighted by Gasteiger charge is 2.12. The molecule has 0 bridgehead atoms. The zero-order valence-corrected chi connectivity index (χ0v) is 18.9. The normalized spacial score (nSPS) is 11.9. The second-order valence-electron chi connectivity index (χ2n) is 6.48. The van der Waals surface area contributed by atoms with E-state index in [9.17, 15) is 4.79 Å². The van der Waals surface area contributed by atoms with Gasteiger partial charge in [-0.05, 0) is 25.7 Å². The van der Waals surface area contributed by atoms with Gasteiger partial charge in [0.2, 0.25) is 0 Å². The van der Waals surface area contributed by atoms with E-state index in [-0.39, 0.29) is 12.3 Å². The summed E-state index contributed by atoms with van der Waals surface area (Å²) in [6.45, 7) is 5.81. The number of rotatable bonds is 19. The number of ether oxygens (including phenoxy) is 3. The Bertz CT molecular complexity index is 363. The second kappa shape index (κ2) is 21.6. The van der Waals surface area contributed by atoms with Gasteiger partial charge in [-0.1, -0.05) is 79.8 Å². The summed E-state index contributed by atoms with van der Waals surface area (Å²) in [6.07, 6.45) is 17.4. The molecule has 0 atom stereocenters. The number of carbonyl (C=O) groups is 1. The molecule has 0 aliphatic rings. The first-order chi connectivity index (χ1) is 13.2. The number of hydrogen-bond acceptors (Lipinski definition) is 4. The van der Waals surface area contributed by atoms with Crippen molar-refractivity contribution in [1.82, 2.24) is 0 Å². The Morgan fingerprint density at radius 2 is 1.48 bits per heavy atom. The number of carbonyl (C=O) groups excluding carboxylic acids is 1. The second-order valence-corrected chi connectivity index (χ2v) is 7.27. The van der Waals surface area contributed by atoms with Crippen LogP contribution in [-0.2, 0) is 19.0 Å². The van der Waals surface area contributed by atoms with E-state index in [2.05, 4.69) is 41.9 Å². The zero-order valence-electron chi connectivity index (χ0n) is 17.3. The lowest BCUT2D eigenvalue weighted by Gasteiger charge is -2.16. The van der Waals surface area contributed by atoms with Gasteiger partial charge in [0.25, 0.3) is 0 Å². The van der Waals surface area contributed by atoms with Crippen LogP contribution in [0, 0.1) is 0 Å². The van der Waals surface area contributed by atoms with Crippen LogP contribution in [0.1, 0.15) is 78.1 Å². The first-order valence-electron chi connectivity index (χ1n) is 10.5. The van der Waals surface area contributed by atoms with Crippen LogP contribution >= 0.6 is 15.9 Å². The predicted octanol–water partition coefficient (Wildman–Crippen LogP) is 6.34. The van der Waals surface area contributed by atoms with Crippen LogP contribution in [0.4, 0.5) is 0 Å². The van der Waals surface area contributed by atoms with E-state index in [0.717, 1.165) is 43.9 Å². The Balaban J connectivity index is 4.05. The summed E-state index contributed by atoms with van der Waals surface area (Å²) in [5.41, 5.74) is 0. The SMILES string of the molecule is CCC/C=C/COC(CCC(=O)OCCCCCCBr)OC/C=C/CCC. The summed E-state index contributed by atoms with van der Waals surface area (Å²) in [4.78, 5) is 11.9. The Morgan fingerprint density at radius 1 is 0.889 bits per heavy atom. The average molecular weight is 447 g/mol. The molecule has 27 heavy (non-hydrogen) atoms. The minimum atomic E-state index is -0.381. The van der Waals surface area contributed by atoms with E-state index in [1.165, 1.54) is 12.8 Å². The van der Waals surface area contributed by atoms with Crippen molar-refractivity contribution < 1.29 is 19.0 Å². The van der Waals surface area contributed by atoms with Crippen LogP contribution < -0.4 is 0 Å². The van der Waals surface area contributed by atoms with E-state index >= 15 is 0 Å². The van der Waals surface area contributed by atoms with Gasteiger partial charge in [0.15, 0.2) is 6.29 Å². The van der Waals surface area contributed by atoms with Gasteiger partial charge in [-0.25, -0.2) is 0 Å². The maximum atomic E-state index is 11.9. The number of halogens is 1. The molecule has 0 rings (SSSR count). The van der Waals surface area contributed by atoms with Crippen molar-refractivity contribution in [2.24, 2.45) is 0 Å². The molecule has 158 valence electrons. The molecule has 4 nitrogen and oxygen atoms in total. The third-order valence-electron chi connectivity index (χ3n) is 3.88. The van der Waals surface area contributed by atoms with Gasteiger partial charge in [0, 0.05) is 11.8 Å². The van der Waals surface area contributed by atoms with Gasteiger partial charge in [0.05, 0.1) is 26.2 Å². The first-order valence-corrected chi connectivity index (χ1v) is 11.6. The zero-order chi connectivity index (χ0) is 20.0. The van der Waals surface area contributed by atoms with Crippen molar-refractivity contribution in [1.29, 1.82) is 0 Å². The molecule has 0 spiro atoms. The van der Waals surface area contributed by atoms with E-state index in [4.69, 9.17) is 14.2 Å². The molecule has 0 unspecified atom stereocenters. The van der Waals surface area contributed by atoms with E-state index in [1.54, 1.807) is 0 Å². The summed E-state index contributed by atoms with van der Waals surface area (Å²) in [5.74, 6) is -0.171. The molecule has 5 heteroatoms. The van der Waals surface area contributed by atoms with Crippen LogP contribution in [0.5, 0.6) is 0 Å². The highest BCUT2D eigenvalue weighted by atomic mass is 79.9. The molecule has 0 saturated carbocycles. The van der Waals surface area contributed by atoms with Crippen LogP contribution in [-0.4, -0.2) is 37.4 Å². The summed E-state index contributed by atoms with van der Waals surface area (Å²) in [6, 6.07) is 0. The van der Waals surface area contributed by atoms with E-state index in [0.29, 0.717) is 32.7 Å². The largest absolute Gasteiger partial charge is 0.466 e. The quantitative estimate of drug-likeness (QED) is 0.0762. The van der Waals surface area contributed by atoms with Crippen molar-refractivity contribution in [3.8, 4) is 0 Å². The molecule has 0 aliphatic carbocycles. The summed E-state index contributed by atoms with van der Waals surface area (Å²) < 4.78 is 16.8. The number of alkyl halides is 1. The predicted molar refractivity (Wildman–Crippen MR) is 116 cm³/mol. The van der Waals surface area contributed by atoms with Crippen molar-refractivity contribution in [2.75, 3.05) is 25.2 Å². The maximum absolute atomic E-state index is 11.9. The van der Waals surface area contributed by atoms with Gasteiger partial charge in [-0.15, -0.1) is 0 Å². The Morgan fingerprint density at radius 3 is 2.04 bits per heavy atom. The fourth-order valence-electron chi connectivity index (χ4n) is 2.29. The molecule has 0 aliphatic heterocycles. The van der Waals surface area contributed by atoms with Crippen LogP contribution in [0.25, 0.3) is 0 Å². The summed E-state index contributed by atoms with van der Waals surface area (Å²) >= 11 is 3.42. The lowest BCUT2D eigenvalue weighted by molar-refractivity contribution is -0.153. The fraction of sp³-hybridized carbons (Fsp3) is 0.773. The standard InChI is InChI=1S/C22H39BrO4/c1-3-5-7-12-19-26-22(27-20-13-8-6-4-2)16-15-21(24)25-18-14-10-9-11-17-23/h7-8,12-13,22H,3-6,9-11,14-20H2,1-2H3/b12-7+,13-8+. The maximum Gasteiger partial charge on any atom is 0.305 e. The third-order valence-corrected chi connectivity index (χ3v) is 4.44. The van der Waals surface area contributed by atoms with Gasteiger partial charge < -0.3 is 14.2 Å². The molecule has 0 aromatic rings. The van der Waals surface area contributed by atoms with Crippen LogP contribution in [0.15, 0.2) is 24.3 Å². The third kappa shape index (κ3) is 19.9. The van der Waals surface area contributed by atoms with E-state index in [1.807, 2.05) is 12.2 Å². The number of esters is 1. The number of allylic oxidation sites excluding steroid dienone is 2. The molecule has 0 heterocycles. The minimum Gasteiger partial charge on any atom is -0.466 e. The summed E-state index contributed by atoms with van der Waals surface area (Å²) in [7, 11) is 0. The molecule has 0 radical (unpaired) electrons. The number of hydrogen-bond donors (Lipinski definition) is 0. The molecular weight excluding hydrogens is 408 g/mol. The topological polar surface area (TPSA) is 44.8 Å². The Hall–Kier alpha value is -0.650. The van der Waals surface area contributed by atoms with Crippen molar-refractivity contribution in [3.05, 3.63) is 24.3 Å². The van der Waals surface area contributed by atoms with Crippen molar-refractivity contribution in [3.63, 3.8) is 0 Å². The molecule has 0 aromatic carbocycles. The molecule has 0 aromatic heterocycles. The Labute approximate surface area is 174 Å². The van der Waals surface area contributed by atoms with Gasteiger partial charge >= 0.3 is 5.97 Å². The lowest BCUT2D eigenvalue weighted by atomic mass is 10.2. The van der Waals surface area contributed by atoms with Gasteiger partial charge in [0.1, 0.15) is 0 Å². The van der Waals surface area contributed by atoms with Gasteiger partial charge in [-0.3, -0.25) is 4.79 Å². The monoisotopic (exact) mass is 446 g/mol. The Kier molecular flexibility index (Phi) is 21.1. The first kappa shape index (κ1) is 26.4. The molecule has 0 fully saturated rings. The minimum absolute atomic E-state index is 0.171. The number of unbranched alkanes of at least 4 members (excludes halogenated alkanes) is 5. The fourth-order valence-corrected chi connectivity index (χ4v) is 2.69. The lowest BCUT2D eigenvalue weighted by Crippen LogP contribution is -2.20. The molecule has 0 amide bonds. The highest BCUT2D eigenvalue weighted by molar-refractivity contribution is 9.09. The van der Waals surface area contributed by atoms with Crippen LogP contribution in [0.3, 0.4) is 0 Å².